The van der Waals surface area contributed by atoms with Gasteiger partial charge in [-0.2, -0.15) is 0 Å². The molecule has 2 aromatic rings. The van der Waals surface area contributed by atoms with Crippen molar-refractivity contribution in [2.24, 2.45) is 0 Å². The first-order valence-electron chi connectivity index (χ1n) is 7.97. The molecule has 0 bridgehead atoms. The molecule has 6 heteroatoms. The van der Waals surface area contributed by atoms with Crippen molar-refractivity contribution in [1.29, 1.82) is 0 Å². The number of hydrogen-bond donors (Lipinski definition) is 1. The summed E-state index contributed by atoms with van der Waals surface area (Å²) in [6.07, 6.45) is 1.52. The van der Waals surface area contributed by atoms with Crippen molar-refractivity contribution in [3.05, 3.63) is 64.9 Å². The van der Waals surface area contributed by atoms with E-state index in [4.69, 9.17) is 16.3 Å². The van der Waals surface area contributed by atoms with Crippen molar-refractivity contribution in [1.82, 2.24) is 15.2 Å². The predicted molar refractivity (Wildman–Crippen MR) is 92.9 cm³/mol. The van der Waals surface area contributed by atoms with E-state index in [1.807, 2.05) is 49.4 Å². The third kappa shape index (κ3) is 3.86. The monoisotopic (exact) mass is 345 g/mol. The van der Waals surface area contributed by atoms with Crippen molar-refractivity contribution >= 4 is 17.6 Å². The van der Waals surface area contributed by atoms with Crippen LogP contribution in [0.1, 0.15) is 30.3 Å². The zero-order chi connectivity index (χ0) is 16.9. The minimum atomic E-state index is -0.205. The van der Waals surface area contributed by atoms with Crippen LogP contribution >= 0.6 is 11.6 Å². The number of urea groups is 1. The molecular formula is C18H20ClN3O2. The Balaban J connectivity index is 1.64. The molecule has 1 aliphatic rings. The second-order valence-corrected chi connectivity index (χ2v) is 6.16. The Bertz CT molecular complexity index is 696. The van der Waals surface area contributed by atoms with Crippen molar-refractivity contribution in [3.8, 4) is 0 Å². The van der Waals surface area contributed by atoms with Crippen LogP contribution < -0.4 is 5.32 Å². The quantitative estimate of drug-likeness (QED) is 0.925. The summed E-state index contributed by atoms with van der Waals surface area (Å²) in [7, 11) is 0. The van der Waals surface area contributed by atoms with Gasteiger partial charge in [0.2, 0.25) is 0 Å². The molecule has 2 amide bonds. The Morgan fingerprint density at radius 1 is 1.33 bits per heavy atom. The highest BCUT2D eigenvalue weighted by Gasteiger charge is 2.27. The van der Waals surface area contributed by atoms with Crippen molar-refractivity contribution in [2.45, 2.75) is 19.1 Å². The van der Waals surface area contributed by atoms with Crippen LogP contribution in [-0.2, 0) is 4.74 Å². The van der Waals surface area contributed by atoms with Crippen LogP contribution in [0.2, 0.25) is 5.02 Å². The Labute approximate surface area is 146 Å². The maximum Gasteiger partial charge on any atom is 0.318 e. The predicted octanol–water partition coefficient (Wildman–Crippen LogP) is 3.58. The van der Waals surface area contributed by atoms with E-state index in [0.29, 0.717) is 24.7 Å². The molecule has 1 saturated heterocycles. The van der Waals surface area contributed by atoms with Gasteiger partial charge in [0, 0.05) is 23.3 Å². The lowest BCUT2D eigenvalue weighted by Crippen LogP contribution is -2.47. The van der Waals surface area contributed by atoms with E-state index >= 15 is 0 Å². The number of halogens is 1. The van der Waals surface area contributed by atoms with Gasteiger partial charge >= 0.3 is 6.03 Å². The van der Waals surface area contributed by atoms with Gasteiger partial charge in [-0.25, -0.2) is 4.79 Å². The minimum Gasteiger partial charge on any atom is -0.370 e. The molecule has 0 spiro atoms. The number of pyridine rings is 1. The molecule has 0 aliphatic carbocycles. The Morgan fingerprint density at radius 2 is 2.12 bits per heavy atom. The molecule has 0 radical (unpaired) electrons. The van der Waals surface area contributed by atoms with Crippen molar-refractivity contribution in [3.63, 3.8) is 0 Å². The lowest BCUT2D eigenvalue weighted by atomic mass is 10.1. The van der Waals surface area contributed by atoms with Gasteiger partial charge in [-0.15, -0.1) is 0 Å². The van der Waals surface area contributed by atoms with Crippen molar-refractivity contribution < 1.29 is 9.53 Å². The number of aromatic nitrogens is 1. The van der Waals surface area contributed by atoms with Crippen LogP contribution in [0.25, 0.3) is 0 Å². The van der Waals surface area contributed by atoms with E-state index in [1.54, 1.807) is 11.1 Å². The van der Waals surface area contributed by atoms with E-state index in [2.05, 4.69) is 10.3 Å². The van der Waals surface area contributed by atoms with Crippen LogP contribution in [0.15, 0.2) is 48.7 Å². The molecule has 1 aromatic heterocycles. The number of hydrogen-bond acceptors (Lipinski definition) is 3. The molecule has 2 heterocycles. The number of amides is 2. The third-order valence-corrected chi connectivity index (χ3v) is 4.42. The van der Waals surface area contributed by atoms with E-state index < -0.39 is 0 Å². The molecule has 1 N–H and O–H groups in total. The summed E-state index contributed by atoms with van der Waals surface area (Å²) >= 11 is 6.24. The topological polar surface area (TPSA) is 54.5 Å². The fourth-order valence-corrected chi connectivity index (χ4v) is 3.00. The molecule has 24 heavy (non-hydrogen) atoms. The molecule has 1 aliphatic heterocycles. The van der Waals surface area contributed by atoms with E-state index in [0.717, 1.165) is 11.3 Å². The summed E-state index contributed by atoms with van der Waals surface area (Å²) in [6, 6.07) is 13.0. The molecule has 1 fully saturated rings. The minimum absolute atomic E-state index is 0.117. The van der Waals surface area contributed by atoms with Crippen LogP contribution in [0.3, 0.4) is 0 Å². The van der Waals surface area contributed by atoms with Gasteiger partial charge in [-0.1, -0.05) is 35.9 Å². The Kier molecular flexibility index (Phi) is 5.33. The summed E-state index contributed by atoms with van der Waals surface area (Å²) in [4.78, 5) is 18.6. The van der Waals surface area contributed by atoms with Gasteiger partial charge in [0.1, 0.15) is 6.10 Å². The summed E-state index contributed by atoms with van der Waals surface area (Å²) in [5.74, 6) is 0. The van der Waals surface area contributed by atoms with Gasteiger partial charge < -0.3 is 15.0 Å². The lowest BCUT2D eigenvalue weighted by molar-refractivity contribution is -0.0157. The highest BCUT2D eigenvalue weighted by molar-refractivity contribution is 6.31. The third-order valence-electron chi connectivity index (χ3n) is 4.08. The average molecular weight is 346 g/mol. The first-order chi connectivity index (χ1) is 11.6. The zero-order valence-corrected chi connectivity index (χ0v) is 14.2. The number of carbonyl (C=O) groups excluding carboxylic acids is 1. The largest absolute Gasteiger partial charge is 0.370 e. The van der Waals surface area contributed by atoms with Gasteiger partial charge in [0.15, 0.2) is 0 Å². The summed E-state index contributed by atoms with van der Waals surface area (Å²) < 4.78 is 5.80. The van der Waals surface area contributed by atoms with Gasteiger partial charge in [0.25, 0.3) is 0 Å². The molecule has 126 valence electrons. The second kappa shape index (κ2) is 7.64. The lowest BCUT2D eigenvalue weighted by Gasteiger charge is -2.34. The summed E-state index contributed by atoms with van der Waals surface area (Å²) in [5, 5.41) is 3.65. The highest BCUT2D eigenvalue weighted by atomic mass is 35.5. The summed E-state index contributed by atoms with van der Waals surface area (Å²) in [6.45, 7) is 3.44. The van der Waals surface area contributed by atoms with Gasteiger partial charge in [-0.3, -0.25) is 4.98 Å². The van der Waals surface area contributed by atoms with Crippen LogP contribution in [0, 0.1) is 0 Å². The first kappa shape index (κ1) is 16.7. The van der Waals surface area contributed by atoms with Gasteiger partial charge in [-0.05, 0) is 25.1 Å². The summed E-state index contributed by atoms with van der Waals surface area (Å²) in [5.41, 5.74) is 1.75. The Hall–Kier alpha value is -2.11. The number of ether oxygens (including phenoxy) is 1. The molecule has 0 saturated carbocycles. The van der Waals surface area contributed by atoms with E-state index in [9.17, 15) is 4.79 Å². The van der Waals surface area contributed by atoms with Crippen LogP contribution in [0.5, 0.6) is 0 Å². The van der Waals surface area contributed by atoms with Gasteiger partial charge in [0.05, 0.1) is 24.9 Å². The number of nitrogens with one attached hydrogen (secondary N) is 1. The maximum atomic E-state index is 12.5. The molecule has 0 unspecified atom stereocenters. The number of morpholine rings is 1. The van der Waals surface area contributed by atoms with Crippen LogP contribution in [0.4, 0.5) is 4.79 Å². The number of rotatable bonds is 3. The molecule has 1 aromatic carbocycles. The fourth-order valence-electron chi connectivity index (χ4n) is 2.74. The molecule has 2 atom stereocenters. The maximum absolute atomic E-state index is 12.5. The average Bonchev–Trinajstić information content (AvgIpc) is 2.63. The molecule has 5 nitrogen and oxygen atoms in total. The van der Waals surface area contributed by atoms with E-state index in [-0.39, 0.29) is 18.2 Å². The zero-order valence-electron chi connectivity index (χ0n) is 13.5. The SMILES string of the molecule is C[C@H](NC(=O)N1CCO[C@H](c2ccccc2Cl)C1)c1ccccn1. The van der Waals surface area contributed by atoms with Crippen molar-refractivity contribution in [2.75, 3.05) is 19.7 Å². The number of carbonyl (C=O) groups is 1. The Morgan fingerprint density at radius 3 is 2.88 bits per heavy atom. The first-order valence-corrected chi connectivity index (χ1v) is 8.35. The second-order valence-electron chi connectivity index (χ2n) is 5.75. The normalized spacial score (nSPS) is 18.9. The smallest absolute Gasteiger partial charge is 0.318 e. The number of nitrogens with zero attached hydrogens (tertiary/aromatic N) is 2. The fraction of sp³-hybridized carbons (Fsp3) is 0.333. The molecular weight excluding hydrogens is 326 g/mol. The highest BCUT2D eigenvalue weighted by Crippen LogP contribution is 2.28. The molecule has 3 rings (SSSR count). The van der Waals surface area contributed by atoms with E-state index in [1.165, 1.54) is 0 Å². The number of benzene rings is 1. The standard InChI is InChI=1S/C18H20ClN3O2/c1-13(16-8-4-5-9-20-16)21-18(23)22-10-11-24-17(12-22)14-6-2-3-7-15(14)19/h2-9,13,17H,10-12H2,1H3,(H,21,23)/t13-,17-/m0/s1. The van der Waals surface area contributed by atoms with Crippen LogP contribution in [-0.4, -0.2) is 35.6 Å².